The van der Waals surface area contributed by atoms with Crippen LogP contribution < -0.4 is 5.32 Å². The molecule has 1 heterocycles. The van der Waals surface area contributed by atoms with Gasteiger partial charge in [-0.05, 0) is 41.2 Å². The van der Waals surface area contributed by atoms with Crippen molar-refractivity contribution >= 4 is 29.4 Å². The van der Waals surface area contributed by atoms with Gasteiger partial charge in [0.15, 0.2) is 6.61 Å². The highest BCUT2D eigenvalue weighted by atomic mass is 16.5. The van der Waals surface area contributed by atoms with Gasteiger partial charge in [0, 0.05) is 5.69 Å². The third-order valence-corrected chi connectivity index (χ3v) is 6.85. The average molecular weight is 439 g/mol. The molecule has 0 spiro atoms. The largest absolute Gasteiger partial charge is 0.454 e. The first-order chi connectivity index (χ1) is 15.2. The van der Waals surface area contributed by atoms with Crippen molar-refractivity contribution in [1.82, 2.24) is 4.90 Å². The molecule has 3 amide bonds. The molecule has 2 aliphatic carbocycles. The number of carbonyl (C=O) groups is 4. The van der Waals surface area contributed by atoms with E-state index in [-0.39, 0.29) is 47.3 Å². The molecule has 32 heavy (non-hydrogen) atoms. The molecule has 1 aliphatic heterocycles. The number of nitrogens with zero attached hydrogens (tertiary/aromatic N) is 1. The summed E-state index contributed by atoms with van der Waals surface area (Å²) in [6.45, 7) is 7.29. The number of hydrogen-bond acceptors (Lipinski definition) is 5. The Morgan fingerprint density at radius 2 is 1.53 bits per heavy atom. The summed E-state index contributed by atoms with van der Waals surface area (Å²) in [6, 6.07) is 5.92. The van der Waals surface area contributed by atoms with E-state index in [2.05, 4.69) is 33.0 Å². The quantitative estimate of drug-likeness (QED) is 0.401. The third-order valence-electron chi connectivity index (χ3n) is 6.85. The molecule has 170 valence electrons. The van der Waals surface area contributed by atoms with Gasteiger partial charge in [-0.1, -0.05) is 58.0 Å². The van der Waals surface area contributed by atoms with Gasteiger partial charge in [0.25, 0.3) is 5.91 Å². The molecule has 1 N–H and O–H groups in total. The number of amides is 3. The summed E-state index contributed by atoms with van der Waals surface area (Å²) < 4.78 is 5.11. The lowest BCUT2D eigenvalue weighted by molar-refractivity contribution is -0.154. The van der Waals surface area contributed by atoms with Crippen LogP contribution in [-0.4, -0.2) is 41.7 Å². The molecule has 0 aromatic heterocycles. The number of imide groups is 1. The molecule has 1 aromatic carbocycles. The number of rotatable bonds is 7. The van der Waals surface area contributed by atoms with Gasteiger partial charge >= 0.3 is 5.97 Å². The van der Waals surface area contributed by atoms with Crippen LogP contribution >= 0.6 is 0 Å². The number of hydrogen-bond donors (Lipinski definition) is 1. The number of anilines is 1. The Hall–Kier alpha value is -2.96. The summed E-state index contributed by atoms with van der Waals surface area (Å²) >= 11 is 0. The van der Waals surface area contributed by atoms with Gasteiger partial charge in [0.05, 0.1) is 11.8 Å². The smallest absolute Gasteiger partial charge is 0.326 e. The molecule has 2 bridgehead atoms. The van der Waals surface area contributed by atoms with Crippen LogP contribution in [0, 0.1) is 23.7 Å². The van der Waals surface area contributed by atoms with E-state index in [4.69, 9.17) is 4.74 Å². The molecular formula is C25H30N2O5. The summed E-state index contributed by atoms with van der Waals surface area (Å²) in [5, 5.41) is 2.89. The molecular weight excluding hydrogens is 408 g/mol. The van der Waals surface area contributed by atoms with Crippen LogP contribution in [0.5, 0.6) is 0 Å². The van der Waals surface area contributed by atoms with Crippen LogP contribution in [0.3, 0.4) is 0 Å². The SMILES string of the molecule is CC(C)c1cccc(C(C)C)c1NC(=O)COC(=O)CN1C(=O)C2C3C=CC(C3)C2C1=O. The van der Waals surface area contributed by atoms with Crippen LogP contribution in [0.15, 0.2) is 30.4 Å². The second kappa shape index (κ2) is 8.52. The zero-order valence-corrected chi connectivity index (χ0v) is 19.0. The Morgan fingerprint density at radius 3 is 2.03 bits per heavy atom. The first-order valence-corrected chi connectivity index (χ1v) is 11.3. The maximum Gasteiger partial charge on any atom is 0.326 e. The Balaban J connectivity index is 1.35. The number of ether oxygens (including phenoxy) is 1. The van der Waals surface area contributed by atoms with E-state index in [1.165, 1.54) is 0 Å². The van der Waals surface area contributed by atoms with E-state index in [0.29, 0.717) is 0 Å². The van der Waals surface area contributed by atoms with Gasteiger partial charge in [-0.3, -0.25) is 24.1 Å². The van der Waals surface area contributed by atoms with E-state index in [1.807, 2.05) is 30.4 Å². The predicted octanol–water partition coefficient (Wildman–Crippen LogP) is 3.22. The molecule has 2 fully saturated rings. The normalized spacial score (nSPS) is 25.8. The number of fused-ring (bicyclic) bond motifs is 5. The average Bonchev–Trinajstić information content (AvgIpc) is 3.42. The van der Waals surface area contributed by atoms with E-state index >= 15 is 0 Å². The minimum absolute atomic E-state index is 0.0874. The first kappa shape index (κ1) is 22.2. The second-order valence-electron chi connectivity index (χ2n) is 9.59. The van der Waals surface area contributed by atoms with Crippen molar-refractivity contribution in [3.05, 3.63) is 41.5 Å². The minimum Gasteiger partial charge on any atom is -0.454 e. The zero-order valence-electron chi connectivity index (χ0n) is 19.0. The molecule has 4 unspecified atom stereocenters. The highest BCUT2D eigenvalue weighted by molar-refractivity contribution is 6.08. The summed E-state index contributed by atoms with van der Waals surface area (Å²) in [5.41, 5.74) is 2.78. The lowest BCUT2D eigenvalue weighted by Crippen LogP contribution is -2.38. The fourth-order valence-electron chi connectivity index (χ4n) is 5.31. The van der Waals surface area contributed by atoms with E-state index in [9.17, 15) is 19.2 Å². The Morgan fingerprint density at radius 1 is 1.00 bits per heavy atom. The number of likely N-dealkylation sites (tertiary alicyclic amines) is 1. The van der Waals surface area contributed by atoms with Crippen molar-refractivity contribution in [2.45, 2.75) is 46.0 Å². The number of para-hydroxylation sites is 1. The highest BCUT2D eigenvalue weighted by Gasteiger charge is 2.59. The topological polar surface area (TPSA) is 92.8 Å². The van der Waals surface area contributed by atoms with Gasteiger partial charge in [-0.25, -0.2) is 0 Å². The van der Waals surface area contributed by atoms with Crippen molar-refractivity contribution in [2.75, 3.05) is 18.5 Å². The van der Waals surface area contributed by atoms with Crippen molar-refractivity contribution in [1.29, 1.82) is 0 Å². The Labute approximate surface area is 188 Å². The molecule has 4 atom stereocenters. The lowest BCUT2D eigenvalue weighted by Gasteiger charge is -2.20. The fraction of sp³-hybridized carbons (Fsp3) is 0.520. The molecule has 3 aliphatic rings. The van der Waals surface area contributed by atoms with Crippen molar-refractivity contribution < 1.29 is 23.9 Å². The van der Waals surface area contributed by atoms with Gasteiger partial charge < -0.3 is 10.1 Å². The van der Waals surface area contributed by atoms with Crippen molar-refractivity contribution in [3.63, 3.8) is 0 Å². The van der Waals surface area contributed by atoms with Crippen molar-refractivity contribution in [2.24, 2.45) is 23.7 Å². The first-order valence-electron chi connectivity index (χ1n) is 11.3. The zero-order chi connectivity index (χ0) is 23.2. The molecule has 0 radical (unpaired) electrons. The van der Waals surface area contributed by atoms with Crippen LogP contribution in [0.2, 0.25) is 0 Å². The second-order valence-corrected chi connectivity index (χ2v) is 9.59. The number of esters is 1. The number of benzene rings is 1. The van der Waals surface area contributed by atoms with Gasteiger partial charge in [-0.15, -0.1) is 0 Å². The molecule has 7 nitrogen and oxygen atoms in total. The summed E-state index contributed by atoms with van der Waals surface area (Å²) in [7, 11) is 0. The van der Waals surface area contributed by atoms with Gasteiger partial charge in [-0.2, -0.15) is 0 Å². The van der Waals surface area contributed by atoms with Crippen LogP contribution in [-0.2, 0) is 23.9 Å². The summed E-state index contributed by atoms with van der Waals surface area (Å²) in [4.78, 5) is 51.3. The van der Waals surface area contributed by atoms with E-state index in [1.54, 1.807) is 0 Å². The fourth-order valence-corrected chi connectivity index (χ4v) is 5.31. The molecule has 1 saturated heterocycles. The molecule has 4 rings (SSSR count). The minimum atomic E-state index is -0.761. The Kier molecular flexibility index (Phi) is 5.93. The van der Waals surface area contributed by atoms with Crippen LogP contribution in [0.25, 0.3) is 0 Å². The number of nitrogens with one attached hydrogen (secondary N) is 1. The standard InChI is InChI=1S/C25H30N2O5/c1-13(2)17-6-5-7-18(14(3)4)23(17)26-19(28)12-32-20(29)11-27-24(30)21-15-8-9-16(10-15)22(21)25(27)31/h5-9,13-16,21-22H,10-12H2,1-4H3,(H,26,28). The number of allylic oxidation sites excluding steroid dienone is 2. The monoisotopic (exact) mass is 438 g/mol. The van der Waals surface area contributed by atoms with Crippen molar-refractivity contribution in [3.8, 4) is 0 Å². The third kappa shape index (κ3) is 3.85. The maximum absolute atomic E-state index is 12.7. The predicted molar refractivity (Wildman–Crippen MR) is 119 cm³/mol. The van der Waals surface area contributed by atoms with Gasteiger partial charge in [0.2, 0.25) is 11.8 Å². The maximum atomic E-state index is 12.7. The van der Waals surface area contributed by atoms with E-state index < -0.39 is 25.0 Å². The lowest BCUT2D eigenvalue weighted by atomic mass is 9.85. The molecule has 1 saturated carbocycles. The summed E-state index contributed by atoms with van der Waals surface area (Å²) in [6.07, 6.45) is 4.84. The Bertz CT molecular complexity index is 940. The van der Waals surface area contributed by atoms with Crippen LogP contribution in [0.1, 0.15) is 57.1 Å². The van der Waals surface area contributed by atoms with Gasteiger partial charge in [0.1, 0.15) is 6.54 Å². The van der Waals surface area contributed by atoms with E-state index in [0.717, 1.165) is 28.1 Å². The highest BCUT2D eigenvalue weighted by Crippen LogP contribution is 2.52. The summed E-state index contributed by atoms with van der Waals surface area (Å²) in [5.74, 6) is -1.92. The molecule has 1 aromatic rings. The molecule has 7 heteroatoms. The number of carbonyl (C=O) groups excluding carboxylic acids is 4. The van der Waals surface area contributed by atoms with Crippen LogP contribution in [0.4, 0.5) is 5.69 Å².